The lowest BCUT2D eigenvalue weighted by atomic mass is 9.96. The summed E-state index contributed by atoms with van der Waals surface area (Å²) in [5.41, 5.74) is 0. The van der Waals surface area contributed by atoms with Gasteiger partial charge in [0.2, 0.25) is 11.8 Å². The fraction of sp³-hybridized carbons (Fsp3) is 0.381. The molecule has 2 aromatic rings. The van der Waals surface area contributed by atoms with Crippen LogP contribution in [0.2, 0.25) is 0 Å². The van der Waals surface area contributed by atoms with Gasteiger partial charge in [-0.25, -0.2) is 4.79 Å². The maximum Gasteiger partial charge on any atom is 0.415 e. The molecule has 7 heteroatoms. The van der Waals surface area contributed by atoms with E-state index in [-0.39, 0.29) is 24.3 Å². The Bertz CT molecular complexity index is 937. The molecule has 2 aliphatic rings. The van der Waals surface area contributed by atoms with Crippen LogP contribution >= 0.6 is 0 Å². The van der Waals surface area contributed by atoms with Gasteiger partial charge in [-0.1, -0.05) is 50.2 Å². The second-order valence-electron chi connectivity index (χ2n) is 7.57. The van der Waals surface area contributed by atoms with Crippen molar-refractivity contribution in [2.45, 2.75) is 25.9 Å². The van der Waals surface area contributed by atoms with Gasteiger partial charge in [-0.2, -0.15) is 0 Å². The molecule has 0 bridgehead atoms. The van der Waals surface area contributed by atoms with Crippen LogP contribution in [0.1, 0.15) is 13.8 Å². The summed E-state index contributed by atoms with van der Waals surface area (Å²) in [4.78, 5) is 40.9. The fourth-order valence-electron chi connectivity index (χ4n) is 3.82. The Labute approximate surface area is 163 Å². The van der Waals surface area contributed by atoms with Crippen molar-refractivity contribution in [3.63, 3.8) is 0 Å². The first-order valence-electron chi connectivity index (χ1n) is 9.51. The molecular formula is C21H23N3O4. The molecule has 2 fully saturated rings. The number of carbonyl (C=O) groups is 3. The minimum absolute atomic E-state index is 0.0201. The summed E-state index contributed by atoms with van der Waals surface area (Å²) in [6.45, 7) is 4.60. The number of piperazine rings is 2. The smallest absolute Gasteiger partial charge is 0.410 e. The van der Waals surface area contributed by atoms with Gasteiger partial charge in [-0.05, 0) is 17.4 Å². The van der Waals surface area contributed by atoms with E-state index in [1.807, 2.05) is 50.2 Å². The van der Waals surface area contributed by atoms with Crippen LogP contribution in [0.5, 0.6) is 5.75 Å². The molecule has 2 heterocycles. The van der Waals surface area contributed by atoms with Gasteiger partial charge in [0, 0.05) is 18.5 Å². The normalized spacial score (nSPS) is 22.2. The van der Waals surface area contributed by atoms with Crippen molar-refractivity contribution in [2.24, 2.45) is 5.92 Å². The van der Waals surface area contributed by atoms with E-state index < -0.39 is 18.2 Å². The van der Waals surface area contributed by atoms with Crippen molar-refractivity contribution in [1.82, 2.24) is 15.1 Å². The number of carbonyl (C=O) groups excluding carboxylic acids is 3. The van der Waals surface area contributed by atoms with Crippen LogP contribution in [0.25, 0.3) is 10.8 Å². The lowest BCUT2D eigenvalue weighted by Gasteiger charge is -2.45. The van der Waals surface area contributed by atoms with Crippen LogP contribution in [0.3, 0.4) is 0 Å². The first-order valence-corrected chi connectivity index (χ1v) is 9.51. The highest BCUT2D eigenvalue weighted by molar-refractivity contribution is 5.98. The highest BCUT2D eigenvalue weighted by Crippen LogP contribution is 2.26. The molecule has 146 valence electrons. The van der Waals surface area contributed by atoms with E-state index in [9.17, 15) is 14.4 Å². The Morgan fingerprint density at radius 1 is 1.11 bits per heavy atom. The molecule has 0 aromatic heterocycles. The second-order valence-corrected chi connectivity index (χ2v) is 7.57. The first kappa shape index (κ1) is 18.3. The quantitative estimate of drug-likeness (QED) is 0.863. The predicted octanol–water partition coefficient (Wildman–Crippen LogP) is 2.01. The molecule has 2 aromatic carbocycles. The average molecular weight is 381 g/mol. The summed E-state index contributed by atoms with van der Waals surface area (Å²) in [7, 11) is 0. The molecule has 28 heavy (non-hydrogen) atoms. The van der Waals surface area contributed by atoms with E-state index in [2.05, 4.69) is 5.32 Å². The van der Waals surface area contributed by atoms with E-state index in [1.54, 1.807) is 11.0 Å². The molecule has 1 N–H and O–H groups in total. The van der Waals surface area contributed by atoms with Crippen LogP contribution in [-0.4, -0.2) is 59.4 Å². The van der Waals surface area contributed by atoms with Crippen molar-refractivity contribution in [2.75, 3.05) is 19.6 Å². The van der Waals surface area contributed by atoms with Gasteiger partial charge in [-0.15, -0.1) is 0 Å². The van der Waals surface area contributed by atoms with E-state index >= 15 is 0 Å². The number of benzene rings is 2. The van der Waals surface area contributed by atoms with Gasteiger partial charge in [0.15, 0.2) is 0 Å². The van der Waals surface area contributed by atoms with Crippen LogP contribution in [0, 0.1) is 5.92 Å². The molecule has 0 unspecified atom stereocenters. The molecule has 2 saturated heterocycles. The average Bonchev–Trinajstić information content (AvgIpc) is 2.70. The molecule has 0 saturated carbocycles. The van der Waals surface area contributed by atoms with Gasteiger partial charge in [-0.3, -0.25) is 9.59 Å². The molecule has 2 aliphatic heterocycles. The third-order valence-corrected chi connectivity index (χ3v) is 5.40. The third-order valence-electron chi connectivity index (χ3n) is 5.40. The van der Waals surface area contributed by atoms with Crippen molar-refractivity contribution in [3.8, 4) is 5.75 Å². The number of nitrogens with zero attached hydrogens (tertiary/aromatic N) is 2. The van der Waals surface area contributed by atoms with Crippen molar-refractivity contribution < 1.29 is 19.1 Å². The van der Waals surface area contributed by atoms with Gasteiger partial charge in [0.1, 0.15) is 17.8 Å². The molecule has 4 rings (SSSR count). The lowest BCUT2D eigenvalue weighted by Crippen LogP contribution is -2.70. The number of hydrogen-bond acceptors (Lipinski definition) is 4. The van der Waals surface area contributed by atoms with Gasteiger partial charge >= 0.3 is 6.09 Å². The Kier molecular flexibility index (Phi) is 4.66. The van der Waals surface area contributed by atoms with Crippen molar-refractivity contribution in [3.05, 3.63) is 42.5 Å². The largest absolute Gasteiger partial charge is 0.415 e. The maximum absolute atomic E-state index is 12.7. The number of ether oxygens (including phenoxy) is 1. The Hall–Kier alpha value is -3.09. The first-order chi connectivity index (χ1) is 13.5. The molecule has 3 amide bonds. The molecule has 0 spiro atoms. The topological polar surface area (TPSA) is 79.0 Å². The predicted molar refractivity (Wildman–Crippen MR) is 104 cm³/mol. The number of amides is 3. The zero-order valence-corrected chi connectivity index (χ0v) is 15.9. The number of fused-ring (bicyclic) bond motifs is 2. The van der Waals surface area contributed by atoms with Crippen molar-refractivity contribution >= 4 is 28.7 Å². The summed E-state index contributed by atoms with van der Waals surface area (Å²) in [6, 6.07) is 12.0. The number of hydrogen-bond donors (Lipinski definition) is 1. The SMILES string of the molecule is CC(C)[C@@H]1NC(=O)[C@H]2CN(C(=O)Oc3cccc4ccccc34)CCN2C1=O. The summed E-state index contributed by atoms with van der Waals surface area (Å²) in [6.07, 6.45) is -0.512. The van der Waals surface area contributed by atoms with Crippen LogP contribution in [-0.2, 0) is 9.59 Å². The van der Waals surface area contributed by atoms with Gasteiger partial charge < -0.3 is 19.9 Å². The maximum atomic E-state index is 12.7. The third kappa shape index (κ3) is 3.17. The summed E-state index contributed by atoms with van der Waals surface area (Å²) < 4.78 is 5.62. The highest BCUT2D eigenvalue weighted by Gasteiger charge is 2.45. The van der Waals surface area contributed by atoms with Gasteiger partial charge in [0.05, 0.1) is 6.54 Å². The Balaban J connectivity index is 1.49. The Morgan fingerprint density at radius 3 is 2.64 bits per heavy atom. The minimum atomic E-state index is -0.670. The van der Waals surface area contributed by atoms with Crippen LogP contribution in [0.4, 0.5) is 4.79 Å². The van der Waals surface area contributed by atoms with Crippen LogP contribution < -0.4 is 10.1 Å². The van der Waals surface area contributed by atoms with E-state index in [0.29, 0.717) is 18.8 Å². The number of nitrogens with one attached hydrogen (secondary N) is 1. The molecular weight excluding hydrogens is 358 g/mol. The highest BCUT2D eigenvalue weighted by atomic mass is 16.6. The van der Waals surface area contributed by atoms with E-state index in [4.69, 9.17) is 4.74 Å². The minimum Gasteiger partial charge on any atom is -0.410 e. The summed E-state index contributed by atoms with van der Waals surface area (Å²) >= 11 is 0. The standard InChI is InChI=1S/C21H23N3O4/c1-13(2)18-20(26)24-11-10-23(12-16(24)19(25)22-18)21(27)28-17-9-5-7-14-6-3-4-8-15(14)17/h3-9,13,16,18H,10-12H2,1-2H3,(H,22,25)/t16-,18+/m1/s1. The molecule has 2 atom stereocenters. The zero-order valence-electron chi connectivity index (χ0n) is 15.9. The zero-order chi connectivity index (χ0) is 19.8. The van der Waals surface area contributed by atoms with Crippen molar-refractivity contribution in [1.29, 1.82) is 0 Å². The fourth-order valence-corrected chi connectivity index (χ4v) is 3.82. The molecule has 7 nitrogen and oxygen atoms in total. The van der Waals surface area contributed by atoms with Gasteiger partial charge in [0.25, 0.3) is 0 Å². The second kappa shape index (κ2) is 7.14. The number of rotatable bonds is 2. The monoisotopic (exact) mass is 381 g/mol. The summed E-state index contributed by atoms with van der Waals surface area (Å²) in [5, 5.41) is 4.62. The van der Waals surface area contributed by atoms with E-state index in [0.717, 1.165) is 10.8 Å². The molecule has 0 aliphatic carbocycles. The van der Waals surface area contributed by atoms with Crippen LogP contribution in [0.15, 0.2) is 42.5 Å². The Morgan fingerprint density at radius 2 is 1.86 bits per heavy atom. The molecule has 0 radical (unpaired) electrons. The van der Waals surface area contributed by atoms with E-state index in [1.165, 1.54) is 4.90 Å². The lowest BCUT2D eigenvalue weighted by molar-refractivity contribution is -0.153. The summed E-state index contributed by atoms with van der Waals surface area (Å²) in [5.74, 6) is 0.198.